The molecule has 0 radical (unpaired) electrons. The van der Waals surface area contributed by atoms with E-state index in [2.05, 4.69) is 24.3 Å². The van der Waals surface area contributed by atoms with Crippen molar-refractivity contribution in [3.63, 3.8) is 0 Å². The van der Waals surface area contributed by atoms with Gasteiger partial charge in [-0.15, -0.1) is 12.4 Å². The van der Waals surface area contributed by atoms with Crippen LogP contribution in [0.1, 0.15) is 34.0 Å². The molecule has 0 bridgehead atoms. The molecule has 2 atom stereocenters. The summed E-state index contributed by atoms with van der Waals surface area (Å²) < 4.78 is 5.13. The lowest BCUT2D eigenvalue weighted by Gasteiger charge is -2.17. The van der Waals surface area contributed by atoms with Gasteiger partial charge in [0.2, 0.25) is 0 Å². The molecule has 2 aromatic rings. The molecule has 4 N–H and O–H groups in total. The van der Waals surface area contributed by atoms with Gasteiger partial charge in [-0.05, 0) is 36.1 Å². The lowest BCUT2D eigenvalue weighted by atomic mass is 9.99. The van der Waals surface area contributed by atoms with Crippen LogP contribution in [0.5, 0.6) is 5.75 Å². The monoisotopic (exact) mass is 393 g/mol. The summed E-state index contributed by atoms with van der Waals surface area (Å²) in [6.45, 7) is 1.43. The highest BCUT2D eigenvalue weighted by molar-refractivity contribution is 5.94. The normalized spacial score (nSPS) is 13.0. The summed E-state index contributed by atoms with van der Waals surface area (Å²) >= 11 is 0. The summed E-state index contributed by atoms with van der Waals surface area (Å²) in [5.74, 6) is -0.955. The number of aliphatic carboxylic acids is 1. The molecule has 1 aliphatic carbocycles. The maximum absolute atomic E-state index is 11.2. The summed E-state index contributed by atoms with van der Waals surface area (Å²) in [5, 5.41) is 18.4. The fraction of sp³-hybridized carbons (Fsp3) is 0.300. The Morgan fingerprint density at radius 1 is 1.19 bits per heavy atom. The first-order valence-corrected chi connectivity index (χ1v) is 8.24. The van der Waals surface area contributed by atoms with Gasteiger partial charge in [-0.1, -0.05) is 36.4 Å². The number of ketones is 1. The Morgan fingerprint density at radius 2 is 1.78 bits per heavy atom. The minimum Gasteiger partial charge on any atom is -0.496 e. The zero-order chi connectivity index (χ0) is 19.3. The van der Waals surface area contributed by atoms with Crippen LogP contribution in [0.25, 0.3) is 0 Å². The van der Waals surface area contributed by atoms with E-state index in [1.807, 2.05) is 0 Å². The second-order valence-electron chi connectivity index (χ2n) is 6.16. The van der Waals surface area contributed by atoms with E-state index in [1.54, 1.807) is 18.2 Å². The zero-order valence-corrected chi connectivity index (χ0v) is 16.0. The van der Waals surface area contributed by atoms with Crippen molar-refractivity contribution in [3.05, 3.63) is 64.7 Å². The topological polar surface area (TPSA) is 110 Å². The number of hydrogen-bond acceptors (Lipinski definition) is 5. The molecule has 27 heavy (non-hydrogen) atoms. The number of nitrogens with two attached hydrogens (primary N) is 1. The lowest BCUT2D eigenvalue weighted by Crippen LogP contribution is -2.42. The second-order valence-corrected chi connectivity index (χ2v) is 6.16. The molecule has 0 spiro atoms. The highest BCUT2D eigenvalue weighted by Crippen LogP contribution is 2.25. The molecule has 0 fully saturated rings. The minimum atomic E-state index is -1.36. The molecule has 0 heterocycles. The van der Waals surface area contributed by atoms with Crippen LogP contribution in [0.2, 0.25) is 0 Å². The number of methoxy groups -OCH3 is 1. The predicted octanol–water partition coefficient (Wildman–Crippen LogP) is 2.23. The summed E-state index contributed by atoms with van der Waals surface area (Å²) in [6.07, 6.45) is 0.0523. The molecule has 0 saturated heterocycles. The first-order chi connectivity index (χ1) is 12.3. The molecular weight excluding hydrogens is 370 g/mol. The molecule has 0 amide bonds. The van der Waals surface area contributed by atoms with E-state index in [1.165, 1.54) is 31.6 Å². The van der Waals surface area contributed by atoms with Crippen LogP contribution >= 0.6 is 12.4 Å². The van der Waals surface area contributed by atoms with Crippen molar-refractivity contribution in [2.45, 2.75) is 31.9 Å². The van der Waals surface area contributed by atoms with E-state index in [9.17, 15) is 14.7 Å². The van der Waals surface area contributed by atoms with Gasteiger partial charge in [0.25, 0.3) is 0 Å². The van der Waals surface area contributed by atoms with Crippen LogP contribution in [-0.4, -0.2) is 41.2 Å². The van der Waals surface area contributed by atoms with E-state index >= 15 is 0 Å². The van der Waals surface area contributed by atoms with E-state index in [4.69, 9.17) is 15.6 Å². The molecule has 7 heteroatoms. The smallest absolute Gasteiger partial charge is 0.323 e. The number of aliphatic hydroxyl groups is 1. The first kappa shape index (κ1) is 22.6. The maximum atomic E-state index is 11.2. The Morgan fingerprint density at radius 3 is 2.22 bits per heavy atom. The number of carbonyl (C=O) groups is 2. The van der Waals surface area contributed by atoms with Crippen LogP contribution in [0.3, 0.4) is 0 Å². The maximum Gasteiger partial charge on any atom is 0.323 e. The molecule has 0 aliphatic heterocycles. The number of ether oxygens (including phenoxy) is 1. The molecule has 146 valence electrons. The van der Waals surface area contributed by atoms with Gasteiger partial charge in [-0.25, -0.2) is 0 Å². The van der Waals surface area contributed by atoms with Gasteiger partial charge in [0.15, 0.2) is 5.78 Å². The molecular formula is C20H24ClNO5. The second kappa shape index (κ2) is 10.1. The molecule has 1 aliphatic rings. The largest absolute Gasteiger partial charge is 0.496 e. The fourth-order valence-electron chi connectivity index (χ4n) is 2.49. The number of hydrogen-bond donors (Lipinski definition) is 3. The number of rotatable bonds is 6. The van der Waals surface area contributed by atoms with Gasteiger partial charge in [-0.3, -0.25) is 9.59 Å². The number of halogens is 1. The first-order valence-electron chi connectivity index (χ1n) is 8.24. The van der Waals surface area contributed by atoms with Crippen molar-refractivity contribution in [3.8, 4) is 5.75 Å². The van der Waals surface area contributed by atoms with Gasteiger partial charge in [0, 0.05) is 12.0 Å². The van der Waals surface area contributed by atoms with E-state index < -0.39 is 18.1 Å². The average Bonchev–Trinajstić information content (AvgIpc) is 3.41. The SMILES string of the molecule is COc1cc(C(C)=O)ccc1C[C@@H](O)[C@H](N)C(=O)O.Cl.c1ccc2c(c1)C2. The number of benzene rings is 2. The van der Waals surface area contributed by atoms with E-state index in [-0.39, 0.29) is 24.6 Å². The average molecular weight is 394 g/mol. The van der Waals surface area contributed by atoms with E-state index in [0.29, 0.717) is 16.9 Å². The molecule has 0 aromatic heterocycles. The van der Waals surface area contributed by atoms with Crippen LogP contribution in [0.15, 0.2) is 42.5 Å². The Hall–Kier alpha value is -2.41. The molecule has 2 aromatic carbocycles. The summed E-state index contributed by atoms with van der Waals surface area (Å²) in [4.78, 5) is 21.9. The van der Waals surface area contributed by atoms with Gasteiger partial charge in [0.1, 0.15) is 11.8 Å². The predicted molar refractivity (Wildman–Crippen MR) is 105 cm³/mol. The third kappa shape index (κ3) is 6.36. The van der Waals surface area contributed by atoms with Gasteiger partial charge in [0.05, 0.1) is 13.2 Å². The zero-order valence-electron chi connectivity index (χ0n) is 15.2. The highest BCUT2D eigenvalue weighted by Gasteiger charge is 2.23. The van der Waals surface area contributed by atoms with Crippen molar-refractivity contribution in [2.75, 3.05) is 7.11 Å². The molecule has 3 rings (SSSR count). The van der Waals surface area contributed by atoms with Crippen LogP contribution in [0.4, 0.5) is 0 Å². The standard InChI is InChI=1S/C13H17NO5.C7H6.ClH/c1-7(15)8-3-4-9(11(6-8)19-2)5-10(16)12(14)13(17)18;1-2-4-7-5-6(7)3-1;/h3-4,6,10,12,16H,5,14H2,1-2H3,(H,17,18);1-4H,5H2;1H/t10-,12+;;/m1../s1. The Kier molecular flexibility index (Phi) is 8.43. The number of carboxylic acid groups (broad SMARTS) is 1. The molecule has 0 saturated carbocycles. The highest BCUT2D eigenvalue weighted by atomic mass is 35.5. The number of carbonyl (C=O) groups excluding carboxylic acids is 1. The van der Waals surface area contributed by atoms with Gasteiger partial charge >= 0.3 is 5.97 Å². The van der Waals surface area contributed by atoms with Crippen molar-refractivity contribution in [2.24, 2.45) is 5.73 Å². The molecule has 0 unspecified atom stereocenters. The Bertz CT molecular complexity index is 788. The number of Topliss-reactive ketones (excluding diaryl/α,β-unsaturated/α-hetero) is 1. The number of fused-ring (bicyclic) bond motifs is 1. The van der Waals surface area contributed by atoms with Crippen LogP contribution in [-0.2, 0) is 17.6 Å². The number of carboxylic acids is 1. The summed E-state index contributed by atoms with van der Waals surface area (Å²) in [7, 11) is 1.44. The molecule has 6 nitrogen and oxygen atoms in total. The summed E-state index contributed by atoms with van der Waals surface area (Å²) in [6, 6.07) is 11.9. The Labute approximate surface area is 164 Å². The Balaban J connectivity index is 0.000000375. The summed E-state index contributed by atoms with van der Waals surface area (Å²) in [5.41, 5.74) is 9.47. The van der Waals surface area contributed by atoms with Crippen molar-refractivity contribution >= 4 is 24.2 Å². The van der Waals surface area contributed by atoms with Crippen LogP contribution < -0.4 is 10.5 Å². The van der Waals surface area contributed by atoms with Crippen molar-refractivity contribution < 1.29 is 24.5 Å². The van der Waals surface area contributed by atoms with E-state index in [0.717, 1.165) is 0 Å². The quantitative estimate of drug-likeness (QED) is 0.554. The minimum absolute atomic E-state index is 0. The van der Waals surface area contributed by atoms with Gasteiger partial charge in [-0.2, -0.15) is 0 Å². The van der Waals surface area contributed by atoms with Crippen molar-refractivity contribution in [1.82, 2.24) is 0 Å². The third-order valence-corrected chi connectivity index (χ3v) is 4.20. The lowest BCUT2D eigenvalue weighted by molar-refractivity contribution is -0.141. The third-order valence-electron chi connectivity index (χ3n) is 4.20. The van der Waals surface area contributed by atoms with Crippen LogP contribution in [0, 0.1) is 0 Å². The van der Waals surface area contributed by atoms with Gasteiger partial charge < -0.3 is 20.7 Å². The fourth-order valence-corrected chi connectivity index (χ4v) is 2.49. The van der Waals surface area contributed by atoms with Crippen molar-refractivity contribution in [1.29, 1.82) is 0 Å². The number of aliphatic hydroxyl groups excluding tert-OH is 1.